The van der Waals surface area contributed by atoms with Gasteiger partial charge in [0, 0.05) is 39.5 Å². The number of rotatable bonds is 8. The molecule has 0 amide bonds. The highest BCUT2D eigenvalue weighted by Crippen LogP contribution is 2.46. The molecule has 246 valence electrons. The van der Waals surface area contributed by atoms with Gasteiger partial charge in [0.25, 0.3) is 0 Å². The number of hydrogen-bond acceptors (Lipinski definition) is 2. The van der Waals surface area contributed by atoms with Crippen molar-refractivity contribution in [3.05, 3.63) is 179 Å². The molecule has 0 bridgehead atoms. The second kappa shape index (κ2) is 14.2. The molecule has 0 aromatic heterocycles. The minimum Gasteiger partial charge on any atom is -0.311 e. The summed E-state index contributed by atoms with van der Waals surface area (Å²) in [6, 6.07) is 54.5. The molecular formula is C47H48N2. The van der Waals surface area contributed by atoms with Crippen LogP contribution in [0.4, 0.5) is 34.1 Å². The predicted octanol–water partition coefficient (Wildman–Crippen LogP) is 13.5. The molecule has 0 unspecified atom stereocenters. The van der Waals surface area contributed by atoms with Gasteiger partial charge in [0.1, 0.15) is 0 Å². The smallest absolute Gasteiger partial charge is 0.0461 e. The summed E-state index contributed by atoms with van der Waals surface area (Å²) >= 11 is 0. The zero-order valence-corrected chi connectivity index (χ0v) is 29.5. The van der Waals surface area contributed by atoms with E-state index >= 15 is 0 Å². The molecule has 1 aliphatic rings. The van der Waals surface area contributed by atoms with Crippen molar-refractivity contribution in [3.8, 4) is 0 Å². The summed E-state index contributed by atoms with van der Waals surface area (Å²) < 4.78 is 0. The van der Waals surface area contributed by atoms with Crippen LogP contribution in [-0.4, -0.2) is 0 Å². The van der Waals surface area contributed by atoms with Crippen LogP contribution in [0.2, 0.25) is 0 Å². The summed E-state index contributed by atoms with van der Waals surface area (Å²) in [7, 11) is 0. The van der Waals surface area contributed by atoms with E-state index in [0.29, 0.717) is 0 Å². The average molecular weight is 641 g/mol. The summed E-state index contributed by atoms with van der Waals surface area (Å²) in [6.07, 6.45) is 7.46. The molecule has 0 radical (unpaired) electrons. The first-order chi connectivity index (χ1) is 23.9. The van der Waals surface area contributed by atoms with Crippen molar-refractivity contribution >= 4 is 34.1 Å². The Kier molecular flexibility index (Phi) is 9.40. The van der Waals surface area contributed by atoms with E-state index in [4.69, 9.17) is 0 Å². The molecule has 49 heavy (non-hydrogen) atoms. The molecule has 7 rings (SSSR count). The molecule has 6 aromatic rings. The topological polar surface area (TPSA) is 6.48 Å². The van der Waals surface area contributed by atoms with E-state index in [1.54, 1.807) is 0 Å². The maximum Gasteiger partial charge on any atom is 0.0461 e. The minimum absolute atomic E-state index is 0.00927. The van der Waals surface area contributed by atoms with Gasteiger partial charge in [-0.1, -0.05) is 121 Å². The van der Waals surface area contributed by atoms with Crippen LogP contribution in [0.5, 0.6) is 0 Å². The van der Waals surface area contributed by atoms with Crippen molar-refractivity contribution in [1.29, 1.82) is 0 Å². The molecule has 2 nitrogen and oxygen atoms in total. The quantitative estimate of drug-likeness (QED) is 0.153. The Balaban J connectivity index is 1.26. The van der Waals surface area contributed by atoms with Crippen LogP contribution in [0, 0.1) is 27.7 Å². The van der Waals surface area contributed by atoms with Crippen molar-refractivity contribution in [1.82, 2.24) is 0 Å². The molecule has 1 aliphatic carbocycles. The fraction of sp³-hybridized carbons (Fsp3) is 0.234. The Morgan fingerprint density at radius 3 is 0.776 bits per heavy atom. The predicted molar refractivity (Wildman–Crippen MR) is 210 cm³/mol. The molecule has 0 saturated heterocycles. The highest BCUT2D eigenvalue weighted by atomic mass is 15.1. The van der Waals surface area contributed by atoms with Crippen LogP contribution in [0.25, 0.3) is 0 Å². The number of nitrogens with zero attached hydrogens (tertiary/aromatic N) is 2. The van der Waals surface area contributed by atoms with Crippen molar-refractivity contribution < 1.29 is 0 Å². The van der Waals surface area contributed by atoms with Crippen molar-refractivity contribution in [2.75, 3.05) is 9.80 Å². The van der Waals surface area contributed by atoms with Gasteiger partial charge in [0.05, 0.1) is 0 Å². The molecule has 0 N–H and O–H groups in total. The highest BCUT2D eigenvalue weighted by molar-refractivity contribution is 5.78. The van der Waals surface area contributed by atoms with Gasteiger partial charge in [-0.05, 0) is 124 Å². The highest BCUT2D eigenvalue weighted by Gasteiger charge is 2.35. The van der Waals surface area contributed by atoms with E-state index in [2.05, 4.69) is 183 Å². The Morgan fingerprint density at radius 1 is 0.306 bits per heavy atom. The van der Waals surface area contributed by atoms with E-state index in [0.717, 1.165) is 0 Å². The van der Waals surface area contributed by atoms with Crippen LogP contribution < -0.4 is 9.80 Å². The largest absolute Gasteiger partial charge is 0.311 e. The van der Waals surface area contributed by atoms with E-state index < -0.39 is 0 Å². The van der Waals surface area contributed by atoms with Crippen molar-refractivity contribution in [3.63, 3.8) is 0 Å². The zero-order valence-electron chi connectivity index (χ0n) is 29.5. The summed E-state index contributed by atoms with van der Waals surface area (Å²) in [6.45, 7) is 8.60. The van der Waals surface area contributed by atoms with Gasteiger partial charge in [-0.2, -0.15) is 0 Å². The SMILES string of the molecule is Cc1ccc(N(c2ccc(C)cc2)c2ccc(C3(c4ccc(N(c5ccc(C)cc5)c5ccc(C)cc5)cc4)CCCCCC3)cc2)cc1. The maximum atomic E-state index is 2.41. The molecule has 2 heteroatoms. The molecule has 1 saturated carbocycles. The van der Waals surface area contributed by atoms with E-state index in [1.165, 1.54) is 106 Å². The first-order valence-electron chi connectivity index (χ1n) is 18.0. The summed E-state index contributed by atoms with van der Waals surface area (Å²) in [5.41, 5.74) is 15.0. The number of aryl methyl sites for hydroxylation is 4. The first-order valence-corrected chi connectivity index (χ1v) is 18.0. The Hall–Kier alpha value is -5.08. The van der Waals surface area contributed by atoms with Gasteiger partial charge >= 0.3 is 0 Å². The third kappa shape index (κ3) is 6.92. The van der Waals surface area contributed by atoms with Crippen molar-refractivity contribution in [2.24, 2.45) is 0 Å². The zero-order chi connectivity index (χ0) is 33.8. The minimum atomic E-state index is -0.00927. The van der Waals surface area contributed by atoms with Gasteiger partial charge in [-0.15, -0.1) is 0 Å². The van der Waals surface area contributed by atoms with Crippen LogP contribution in [0.3, 0.4) is 0 Å². The lowest BCUT2D eigenvalue weighted by molar-refractivity contribution is 0.446. The number of anilines is 6. The lowest BCUT2D eigenvalue weighted by Gasteiger charge is -2.36. The van der Waals surface area contributed by atoms with E-state index in [1.807, 2.05) is 0 Å². The van der Waals surface area contributed by atoms with Crippen LogP contribution in [0.15, 0.2) is 146 Å². The number of benzene rings is 6. The standard InChI is InChI=1S/C47H48N2/c1-35-9-21-41(22-10-35)48(42-23-11-36(2)12-24-42)45-29-17-39(18-30-45)47(33-7-5-6-8-34-47)40-19-31-46(32-20-40)49(43-25-13-37(3)14-26-43)44-27-15-38(4)16-28-44/h9-32H,5-8,33-34H2,1-4H3. The van der Waals surface area contributed by atoms with Gasteiger partial charge in [-0.25, -0.2) is 0 Å². The maximum absolute atomic E-state index is 2.41. The normalized spacial score (nSPS) is 14.2. The Morgan fingerprint density at radius 2 is 0.531 bits per heavy atom. The molecule has 1 fully saturated rings. The fourth-order valence-electron chi connectivity index (χ4n) is 7.60. The van der Waals surface area contributed by atoms with Crippen molar-refractivity contribution in [2.45, 2.75) is 71.6 Å². The van der Waals surface area contributed by atoms with Crippen LogP contribution >= 0.6 is 0 Å². The van der Waals surface area contributed by atoms with Gasteiger partial charge in [0.15, 0.2) is 0 Å². The monoisotopic (exact) mass is 640 g/mol. The number of hydrogen-bond donors (Lipinski definition) is 0. The third-order valence-electron chi connectivity index (χ3n) is 10.5. The Labute approximate surface area is 293 Å². The second-order valence-corrected chi connectivity index (χ2v) is 14.1. The van der Waals surface area contributed by atoms with Gasteiger partial charge in [0.2, 0.25) is 0 Å². The molecular weight excluding hydrogens is 593 g/mol. The summed E-state index contributed by atoms with van der Waals surface area (Å²) in [5, 5.41) is 0. The van der Waals surface area contributed by atoms with E-state index in [9.17, 15) is 0 Å². The fourth-order valence-corrected chi connectivity index (χ4v) is 7.60. The molecule has 0 aliphatic heterocycles. The average Bonchev–Trinajstić information content (AvgIpc) is 3.40. The Bertz CT molecular complexity index is 1710. The van der Waals surface area contributed by atoms with Crippen LogP contribution in [0.1, 0.15) is 71.9 Å². The molecule has 0 heterocycles. The first kappa shape index (κ1) is 32.5. The van der Waals surface area contributed by atoms with E-state index in [-0.39, 0.29) is 5.41 Å². The lowest BCUT2D eigenvalue weighted by Crippen LogP contribution is -2.27. The lowest BCUT2D eigenvalue weighted by atomic mass is 9.69. The summed E-state index contributed by atoms with van der Waals surface area (Å²) in [4.78, 5) is 4.75. The second-order valence-electron chi connectivity index (χ2n) is 14.1. The third-order valence-corrected chi connectivity index (χ3v) is 10.5. The summed E-state index contributed by atoms with van der Waals surface area (Å²) in [5.74, 6) is 0. The molecule has 6 aromatic carbocycles. The van der Waals surface area contributed by atoms with Gasteiger partial charge < -0.3 is 9.80 Å². The molecule has 0 spiro atoms. The molecule has 0 atom stereocenters. The van der Waals surface area contributed by atoms with Crippen LogP contribution in [-0.2, 0) is 5.41 Å². The van der Waals surface area contributed by atoms with Gasteiger partial charge in [-0.3, -0.25) is 0 Å².